The molecule has 0 aliphatic carbocycles. The number of carbonyl (C=O) groups is 1. The van der Waals surface area contributed by atoms with Crippen LogP contribution in [-0.2, 0) is 4.79 Å². The van der Waals surface area contributed by atoms with E-state index in [9.17, 15) is 4.79 Å². The molecule has 1 heterocycles. The fourth-order valence-corrected chi connectivity index (χ4v) is 2.25. The predicted octanol–water partition coefficient (Wildman–Crippen LogP) is 3.26. The van der Waals surface area contributed by atoms with E-state index in [4.69, 9.17) is 9.47 Å². The van der Waals surface area contributed by atoms with Gasteiger partial charge in [-0.2, -0.15) is 0 Å². The predicted molar refractivity (Wildman–Crippen MR) is 83.2 cm³/mol. The normalized spacial score (nSPS) is 10.2. The minimum atomic E-state index is -0.226. The number of ether oxygens (including phenoxy) is 2. The van der Waals surface area contributed by atoms with Crippen molar-refractivity contribution in [2.24, 2.45) is 0 Å². The van der Waals surface area contributed by atoms with Crippen molar-refractivity contribution in [3.05, 3.63) is 35.3 Å². The van der Waals surface area contributed by atoms with Gasteiger partial charge >= 0.3 is 0 Å². The minimum absolute atomic E-state index is 0.0478. The number of hydrogen-bond donors (Lipinski definition) is 1. The quantitative estimate of drug-likeness (QED) is 0.853. The van der Waals surface area contributed by atoms with Crippen molar-refractivity contribution in [1.29, 1.82) is 0 Å². The summed E-state index contributed by atoms with van der Waals surface area (Å²) in [6.45, 7) is 4.63. The lowest BCUT2D eigenvalue weighted by Crippen LogP contribution is -2.19. The zero-order chi connectivity index (χ0) is 15.1. The Balaban J connectivity index is 1.78. The molecule has 1 N–H and O–H groups in total. The Kier molecular flexibility index (Phi) is 5.57. The summed E-state index contributed by atoms with van der Waals surface area (Å²) < 4.78 is 10.9. The van der Waals surface area contributed by atoms with Crippen molar-refractivity contribution in [3.8, 4) is 11.5 Å². The van der Waals surface area contributed by atoms with E-state index in [1.54, 1.807) is 18.3 Å². The van der Waals surface area contributed by atoms with Gasteiger partial charge in [0.15, 0.2) is 11.7 Å². The van der Waals surface area contributed by atoms with Crippen LogP contribution in [0.3, 0.4) is 0 Å². The maximum Gasteiger partial charge on any atom is 0.264 e. The van der Waals surface area contributed by atoms with E-state index in [0.29, 0.717) is 17.5 Å². The number of aromatic nitrogens is 1. The number of nitrogens with one attached hydrogen (secondary N) is 1. The monoisotopic (exact) mass is 306 g/mol. The number of thiazole rings is 1. The van der Waals surface area contributed by atoms with Crippen LogP contribution >= 0.6 is 11.3 Å². The zero-order valence-corrected chi connectivity index (χ0v) is 12.9. The van der Waals surface area contributed by atoms with Crippen LogP contribution in [0.5, 0.6) is 11.5 Å². The first-order valence-electron chi connectivity index (χ1n) is 6.75. The fourth-order valence-electron chi connectivity index (χ4n) is 1.57. The third-order valence-electron chi connectivity index (χ3n) is 2.53. The van der Waals surface area contributed by atoms with Crippen LogP contribution in [0.1, 0.15) is 18.2 Å². The topological polar surface area (TPSA) is 60.5 Å². The molecule has 0 bridgehead atoms. The summed E-state index contributed by atoms with van der Waals surface area (Å²) in [4.78, 5) is 16.8. The standard InChI is InChI=1S/C15H18N2O3S/c1-3-8-19-12-4-6-13(7-5-12)20-10-14(18)17-15-16-9-11(2)21-15/h4-7,9H,3,8,10H2,1-2H3,(H,16,17,18). The highest BCUT2D eigenvalue weighted by Gasteiger charge is 2.06. The summed E-state index contributed by atoms with van der Waals surface area (Å²) in [6, 6.07) is 7.22. The first kappa shape index (κ1) is 15.3. The van der Waals surface area contributed by atoms with Gasteiger partial charge in [0.05, 0.1) is 6.61 Å². The molecule has 5 nitrogen and oxygen atoms in total. The minimum Gasteiger partial charge on any atom is -0.494 e. The summed E-state index contributed by atoms with van der Waals surface area (Å²) in [5.74, 6) is 1.20. The van der Waals surface area contributed by atoms with Crippen molar-refractivity contribution < 1.29 is 14.3 Å². The molecule has 0 fully saturated rings. The molecule has 0 radical (unpaired) electrons. The van der Waals surface area contributed by atoms with Gasteiger partial charge in [-0.3, -0.25) is 10.1 Å². The van der Waals surface area contributed by atoms with Gasteiger partial charge in [-0.1, -0.05) is 6.92 Å². The lowest BCUT2D eigenvalue weighted by molar-refractivity contribution is -0.118. The second kappa shape index (κ2) is 7.64. The Labute approximate surface area is 127 Å². The van der Waals surface area contributed by atoms with E-state index in [1.165, 1.54) is 11.3 Å². The first-order valence-corrected chi connectivity index (χ1v) is 7.57. The van der Waals surface area contributed by atoms with Crippen LogP contribution in [-0.4, -0.2) is 24.1 Å². The van der Waals surface area contributed by atoms with E-state index in [2.05, 4.69) is 17.2 Å². The van der Waals surface area contributed by atoms with Crippen molar-refractivity contribution in [1.82, 2.24) is 4.98 Å². The van der Waals surface area contributed by atoms with Crippen molar-refractivity contribution in [2.75, 3.05) is 18.5 Å². The molecule has 2 aromatic rings. The molecule has 0 aliphatic rings. The second-order valence-electron chi connectivity index (χ2n) is 4.43. The van der Waals surface area contributed by atoms with Crippen molar-refractivity contribution in [3.63, 3.8) is 0 Å². The maximum atomic E-state index is 11.7. The van der Waals surface area contributed by atoms with Gasteiger partial charge in [-0.05, 0) is 37.6 Å². The van der Waals surface area contributed by atoms with E-state index in [0.717, 1.165) is 17.0 Å². The van der Waals surface area contributed by atoms with Crippen LogP contribution < -0.4 is 14.8 Å². The molecule has 1 aromatic carbocycles. The van der Waals surface area contributed by atoms with Crippen LogP contribution in [0, 0.1) is 6.92 Å². The van der Waals surface area contributed by atoms with E-state index < -0.39 is 0 Å². The summed E-state index contributed by atoms with van der Waals surface area (Å²) in [5.41, 5.74) is 0. The fraction of sp³-hybridized carbons (Fsp3) is 0.333. The molecule has 6 heteroatoms. The van der Waals surface area contributed by atoms with E-state index in [-0.39, 0.29) is 12.5 Å². The Morgan fingerprint density at radius 2 is 1.90 bits per heavy atom. The molecular formula is C15H18N2O3S. The highest BCUT2D eigenvalue weighted by molar-refractivity contribution is 7.15. The molecule has 1 amide bonds. The number of aryl methyl sites for hydroxylation is 1. The van der Waals surface area contributed by atoms with Crippen LogP contribution in [0.2, 0.25) is 0 Å². The number of benzene rings is 1. The summed E-state index contributed by atoms with van der Waals surface area (Å²) in [7, 11) is 0. The number of rotatable bonds is 7. The smallest absolute Gasteiger partial charge is 0.264 e. The molecule has 0 saturated carbocycles. The molecule has 0 aliphatic heterocycles. The Bertz CT molecular complexity index is 581. The van der Waals surface area contributed by atoms with Gasteiger partial charge < -0.3 is 9.47 Å². The van der Waals surface area contributed by atoms with Crippen molar-refractivity contribution in [2.45, 2.75) is 20.3 Å². The van der Waals surface area contributed by atoms with Gasteiger partial charge in [0, 0.05) is 11.1 Å². The molecule has 0 saturated heterocycles. The molecular weight excluding hydrogens is 288 g/mol. The summed E-state index contributed by atoms with van der Waals surface area (Å²) in [6.07, 6.45) is 2.69. The number of nitrogens with zero attached hydrogens (tertiary/aromatic N) is 1. The molecule has 21 heavy (non-hydrogen) atoms. The van der Waals surface area contributed by atoms with Gasteiger partial charge in [-0.25, -0.2) is 4.98 Å². The first-order chi connectivity index (χ1) is 10.2. The van der Waals surface area contributed by atoms with E-state index >= 15 is 0 Å². The third kappa shape index (κ3) is 5.07. The lowest BCUT2D eigenvalue weighted by Gasteiger charge is -2.07. The zero-order valence-electron chi connectivity index (χ0n) is 12.1. The number of carbonyl (C=O) groups excluding carboxylic acids is 1. The van der Waals surface area contributed by atoms with Crippen LogP contribution in [0.25, 0.3) is 0 Å². The molecule has 2 rings (SSSR count). The lowest BCUT2D eigenvalue weighted by atomic mass is 10.3. The highest BCUT2D eigenvalue weighted by atomic mass is 32.1. The van der Waals surface area contributed by atoms with Gasteiger partial charge in [0.1, 0.15) is 11.5 Å². The Morgan fingerprint density at radius 3 is 2.48 bits per heavy atom. The number of anilines is 1. The highest BCUT2D eigenvalue weighted by Crippen LogP contribution is 2.18. The third-order valence-corrected chi connectivity index (χ3v) is 3.36. The van der Waals surface area contributed by atoms with Crippen molar-refractivity contribution >= 4 is 22.4 Å². The average Bonchev–Trinajstić information content (AvgIpc) is 2.89. The molecule has 0 spiro atoms. The summed E-state index contributed by atoms with van der Waals surface area (Å²) in [5, 5.41) is 3.28. The SMILES string of the molecule is CCCOc1ccc(OCC(=O)Nc2ncc(C)s2)cc1. The molecule has 112 valence electrons. The molecule has 1 aromatic heterocycles. The second-order valence-corrected chi connectivity index (χ2v) is 5.67. The number of amides is 1. The Hall–Kier alpha value is -2.08. The maximum absolute atomic E-state index is 11.7. The van der Waals surface area contributed by atoms with Gasteiger partial charge in [0.25, 0.3) is 5.91 Å². The van der Waals surface area contributed by atoms with Gasteiger partial charge in [-0.15, -0.1) is 11.3 Å². The van der Waals surface area contributed by atoms with Crippen LogP contribution in [0.15, 0.2) is 30.5 Å². The average molecular weight is 306 g/mol. The largest absolute Gasteiger partial charge is 0.494 e. The number of hydrogen-bond acceptors (Lipinski definition) is 5. The summed E-state index contributed by atoms with van der Waals surface area (Å²) >= 11 is 1.43. The van der Waals surface area contributed by atoms with E-state index in [1.807, 2.05) is 19.1 Å². The Morgan fingerprint density at radius 1 is 1.24 bits per heavy atom. The molecule has 0 unspecified atom stereocenters. The molecule has 0 atom stereocenters. The van der Waals surface area contributed by atoms with Crippen LogP contribution in [0.4, 0.5) is 5.13 Å². The van der Waals surface area contributed by atoms with Gasteiger partial charge in [0.2, 0.25) is 0 Å².